The maximum atomic E-state index is 13.3. The second kappa shape index (κ2) is 6.83. The molecule has 1 N–H and O–H groups in total. The van der Waals surface area contributed by atoms with E-state index in [0.717, 1.165) is 19.0 Å². The lowest BCUT2D eigenvalue weighted by Gasteiger charge is -2.28. The normalized spacial score (nSPS) is 14.8. The second-order valence-corrected chi connectivity index (χ2v) is 5.24. The second-order valence-electron chi connectivity index (χ2n) is 5.24. The van der Waals surface area contributed by atoms with Gasteiger partial charge in [0, 0.05) is 12.1 Å². The molecule has 0 radical (unpaired) electrons. The van der Waals surface area contributed by atoms with Gasteiger partial charge < -0.3 is 5.32 Å². The fourth-order valence-corrected chi connectivity index (χ4v) is 2.05. The van der Waals surface area contributed by atoms with Gasteiger partial charge in [0.05, 0.1) is 0 Å². The van der Waals surface area contributed by atoms with Crippen LogP contribution in [0.15, 0.2) is 18.2 Å². The Morgan fingerprint density at radius 2 is 1.61 bits per heavy atom. The van der Waals surface area contributed by atoms with Crippen LogP contribution in [-0.2, 0) is 0 Å². The molecule has 102 valence electrons. The van der Waals surface area contributed by atoms with Crippen LogP contribution in [-0.4, -0.2) is 6.54 Å². The van der Waals surface area contributed by atoms with E-state index in [4.69, 9.17) is 0 Å². The first-order chi connectivity index (χ1) is 8.45. The van der Waals surface area contributed by atoms with E-state index in [-0.39, 0.29) is 6.04 Å². The van der Waals surface area contributed by atoms with E-state index in [2.05, 4.69) is 33.0 Å². The van der Waals surface area contributed by atoms with Crippen LogP contribution in [0.4, 0.5) is 8.78 Å². The summed E-state index contributed by atoms with van der Waals surface area (Å²) >= 11 is 0. The third kappa shape index (κ3) is 4.05. The van der Waals surface area contributed by atoms with E-state index < -0.39 is 11.6 Å². The van der Waals surface area contributed by atoms with Gasteiger partial charge in [0.2, 0.25) is 0 Å². The Balaban J connectivity index is 3.00. The Hall–Kier alpha value is -0.960. The van der Waals surface area contributed by atoms with Crippen LogP contribution in [0.1, 0.15) is 45.7 Å². The quantitative estimate of drug-likeness (QED) is 0.799. The van der Waals surface area contributed by atoms with Gasteiger partial charge in [-0.25, -0.2) is 8.78 Å². The molecule has 0 heterocycles. The zero-order valence-electron chi connectivity index (χ0n) is 11.6. The number of hydrogen-bond acceptors (Lipinski definition) is 1. The SMILES string of the molecule is CCCNC(c1cc(F)cc(F)c1)C(C)C(C)C. The van der Waals surface area contributed by atoms with Gasteiger partial charge in [-0.2, -0.15) is 0 Å². The fraction of sp³-hybridized carbons (Fsp3) is 0.600. The van der Waals surface area contributed by atoms with Gasteiger partial charge in [-0.3, -0.25) is 0 Å². The van der Waals surface area contributed by atoms with Crippen molar-refractivity contribution in [1.82, 2.24) is 5.32 Å². The number of rotatable bonds is 6. The molecule has 0 amide bonds. The van der Waals surface area contributed by atoms with E-state index in [1.165, 1.54) is 12.1 Å². The summed E-state index contributed by atoms with van der Waals surface area (Å²) in [5, 5.41) is 3.39. The van der Waals surface area contributed by atoms with Crippen molar-refractivity contribution < 1.29 is 8.78 Å². The van der Waals surface area contributed by atoms with Gasteiger partial charge in [-0.15, -0.1) is 0 Å². The molecular formula is C15H23F2N. The lowest BCUT2D eigenvalue weighted by atomic mass is 9.86. The summed E-state index contributed by atoms with van der Waals surface area (Å²) in [5.74, 6) is -0.253. The minimum Gasteiger partial charge on any atom is -0.310 e. The van der Waals surface area contributed by atoms with E-state index >= 15 is 0 Å². The third-order valence-electron chi connectivity index (χ3n) is 3.44. The molecule has 0 saturated carbocycles. The van der Waals surface area contributed by atoms with Crippen LogP contribution < -0.4 is 5.32 Å². The molecule has 0 spiro atoms. The highest BCUT2D eigenvalue weighted by Crippen LogP contribution is 2.28. The summed E-state index contributed by atoms with van der Waals surface area (Å²) in [4.78, 5) is 0. The molecule has 0 aromatic heterocycles. The molecule has 18 heavy (non-hydrogen) atoms. The Morgan fingerprint density at radius 3 is 2.06 bits per heavy atom. The first-order valence-corrected chi connectivity index (χ1v) is 6.65. The van der Waals surface area contributed by atoms with Crippen LogP contribution in [0.25, 0.3) is 0 Å². The van der Waals surface area contributed by atoms with Crippen molar-refractivity contribution in [1.29, 1.82) is 0 Å². The standard InChI is InChI=1S/C15H23F2N/c1-5-6-18-15(11(4)10(2)3)12-7-13(16)9-14(17)8-12/h7-11,15,18H,5-6H2,1-4H3. The predicted octanol–water partition coefficient (Wildman–Crippen LogP) is 4.30. The number of hydrogen-bond donors (Lipinski definition) is 1. The number of benzene rings is 1. The van der Waals surface area contributed by atoms with E-state index in [0.29, 0.717) is 17.4 Å². The van der Waals surface area contributed by atoms with Gasteiger partial charge in [-0.05, 0) is 42.5 Å². The van der Waals surface area contributed by atoms with E-state index in [9.17, 15) is 8.78 Å². The smallest absolute Gasteiger partial charge is 0.126 e. The van der Waals surface area contributed by atoms with Crippen LogP contribution in [0, 0.1) is 23.5 Å². The van der Waals surface area contributed by atoms with Crippen molar-refractivity contribution in [2.75, 3.05) is 6.54 Å². The predicted molar refractivity (Wildman–Crippen MR) is 71.4 cm³/mol. The van der Waals surface area contributed by atoms with Gasteiger partial charge in [-0.1, -0.05) is 27.7 Å². The first-order valence-electron chi connectivity index (χ1n) is 6.65. The molecule has 3 heteroatoms. The lowest BCUT2D eigenvalue weighted by Crippen LogP contribution is -2.30. The molecule has 2 atom stereocenters. The molecule has 0 aliphatic carbocycles. The van der Waals surface area contributed by atoms with Crippen molar-refractivity contribution in [3.05, 3.63) is 35.4 Å². The van der Waals surface area contributed by atoms with Crippen molar-refractivity contribution in [3.63, 3.8) is 0 Å². The van der Waals surface area contributed by atoms with Gasteiger partial charge >= 0.3 is 0 Å². The van der Waals surface area contributed by atoms with Crippen molar-refractivity contribution >= 4 is 0 Å². The summed E-state index contributed by atoms with van der Waals surface area (Å²) in [6, 6.07) is 3.76. The minimum atomic E-state index is -0.510. The summed E-state index contributed by atoms with van der Waals surface area (Å²) in [7, 11) is 0. The minimum absolute atomic E-state index is 0.00449. The maximum Gasteiger partial charge on any atom is 0.126 e. The summed E-state index contributed by atoms with van der Waals surface area (Å²) in [6.45, 7) is 9.29. The molecule has 0 aliphatic heterocycles. The van der Waals surface area contributed by atoms with Crippen molar-refractivity contribution in [2.24, 2.45) is 11.8 Å². The largest absolute Gasteiger partial charge is 0.310 e. The third-order valence-corrected chi connectivity index (χ3v) is 3.44. The maximum absolute atomic E-state index is 13.3. The van der Waals surface area contributed by atoms with Gasteiger partial charge in [0.1, 0.15) is 11.6 Å². The van der Waals surface area contributed by atoms with E-state index in [1.54, 1.807) is 0 Å². The highest BCUT2D eigenvalue weighted by molar-refractivity contribution is 5.22. The molecular weight excluding hydrogens is 232 g/mol. The van der Waals surface area contributed by atoms with Crippen LogP contribution in [0.5, 0.6) is 0 Å². The van der Waals surface area contributed by atoms with Crippen LogP contribution >= 0.6 is 0 Å². The highest BCUT2D eigenvalue weighted by Gasteiger charge is 2.22. The van der Waals surface area contributed by atoms with Crippen molar-refractivity contribution in [2.45, 2.75) is 40.2 Å². The molecule has 0 fully saturated rings. The molecule has 1 rings (SSSR count). The topological polar surface area (TPSA) is 12.0 Å². The van der Waals surface area contributed by atoms with Gasteiger partial charge in [0.15, 0.2) is 0 Å². The number of nitrogens with one attached hydrogen (secondary N) is 1. The van der Waals surface area contributed by atoms with Crippen molar-refractivity contribution in [3.8, 4) is 0 Å². The Bertz CT molecular complexity index is 357. The molecule has 0 bridgehead atoms. The van der Waals surface area contributed by atoms with E-state index in [1.807, 2.05) is 0 Å². The fourth-order valence-electron chi connectivity index (χ4n) is 2.05. The zero-order chi connectivity index (χ0) is 13.7. The van der Waals surface area contributed by atoms with Crippen LogP contribution in [0.3, 0.4) is 0 Å². The molecule has 0 aliphatic rings. The summed E-state index contributed by atoms with van der Waals surface area (Å²) < 4.78 is 26.6. The molecule has 1 nitrogen and oxygen atoms in total. The van der Waals surface area contributed by atoms with Gasteiger partial charge in [0.25, 0.3) is 0 Å². The summed E-state index contributed by atoms with van der Waals surface area (Å²) in [5.41, 5.74) is 0.696. The molecule has 2 unspecified atom stereocenters. The average molecular weight is 255 g/mol. The number of halogens is 2. The summed E-state index contributed by atoms with van der Waals surface area (Å²) in [6.07, 6.45) is 0.999. The monoisotopic (exact) mass is 255 g/mol. The molecule has 1 aromatic rings. The zero-order valence-corrected chi connectivity index (χ0v) is 11.6. The lowest BCUT2D eigenvalue weighted by molar-refractivity contribution is 0.302. The van der Waals surface area contributed by atoms with Crippen LogP contribution in [0.2, 0.25) is 0 Å². The Labute approximate surface area is 109 Å². The molecule has 0 saturated heterocycles. The molecule has 1 aromatic carbocycles. The Kier molecular flexibility index (Phi) is 5.73. The highest BCUT2D eigenvalue weighted by atomic mass is 19.1. The first kappa shape index (κ1) is 15.1. The Morgan fingerprint density at radius 1 is 1.06 bits per heavy atom. The average Bonchev–Trinajstić information content (AvgIpc) is 2.27.